The van der Waals surface area contributed by atoms with Gasteiger partial charge in [0.05, 0.1) is 10.3 Å². The van der Waals surface area contributed by atoms with Crippen LogP contribution in [0.25, 0.3) is 0 Å². The lowest BCUT2D eigenvalue weighted by Gasteiger charge is -2.36. The summed E-state index contributed by atoms with van der Waals surface area (Å²) >= 11 is 1.13. The number of fused-ring (bicyclic) bond motifs is 2. The second-order valence-corrected chi connectivity index (χ2v) is 9.81. The van der Waals surface area contributed by atoms with Crippen molar-refractivity contribution in [2.45, 2.75) is 69.1 Å². The van der Waals surface area contributed by atoms with Gasteiger partial charge in [-0.05, 0) is 105 Å². The van der Waals surface area contributed by atoms with Crippen molar-refractivity contribution in [1.29, 1.82) is 0 Å². The average Bonchev–Trinajstić information content (AvgIpc) is 3.11. The van der Waals surface area contributed by atoms with Crippen LogP contribution in [0.1, 0.15) is 63.5 Å². The molecule has 2 aliphatic heterocycles. The minimum absolute atomic E-state index is 0.117. The molecular formula is C26H33F2N3OS. The molecule has 2 fully saturated rings. The number of halogens is 2. The largest absolute Gasteiger partial charge is 0.326 e. The molecule has 1 saturated carbocycles. The molecule has 0 radical (unpaired) electrons. The highest BCUT2D eigenvalue weighted by atomic mass is 32.2. The maximum atomic E-state index is 14.1. The van der Waals surface area contributed by atoms with E-state index in [9.17, 15) is 13.6 Å². The van der Waals surface area contributed by atoms with Crippen molar-refractivity contribution < 1.29 is 13.6 Å². The molecule has 7 heteroatoms. The lowest BCUT2D eigenvalue weighted by Crippen LogP contribution is -2.40. The maximum Gasteiger partial charge on any atom is 0.235 e. The van der Waals surface area contributed by atoms with Crippen LogP contribution >= 0.6 is 11.9 Å². The average molecular weight is 474 g/mol. The molecule has 4 nitrogen and oxygen atoms in total. The number of nitrogens with one attached hydrogen (secondary N) is 3. The van der Waals surface area contributed by atoms with Crippen LogP contribution in [-0.4, -0.2) is 19.0 Å². The van der Waals surface area contributed by atoms with Crippen LogP contribution in [-0.2, 0) is 16.6 Å². The van der Waals surface area contributed by atoms with E-state index in [2.05, 4.69) is 21.4 Å². The van der Waals surface area contributed by atoms with Gasteiger partial charge in [-0.3, -0.25) is 4.79 Å². The summed E-state index contributed by atoms with van der Waals surface area (Å²) < 4.78 is 30.5. The van der Waals surface area contributed by atoms with Crippen molar-refractivity contribution in [3.8, 4) is 0 Å². The van der Waals surface area contributed by atoms with E-state index in [4.69, 9.17) is 0 Å². The molecule has 1 spiro atoms. The van der Waals surface area contributed by atoms with Gasteiger partial charge in [-0.1, -0.05) is 20.3 Å². The Hall–Kier alpha value is -2.12. The van der Waals surface area contributed by atoms with Gasteiger partial charge in [-0.15, -0.1) is 0 Å². The lowest BCUT2D eigenvalue weighted by molar-refractivity contribution is -0.123. The highest BCUT2D eigenvalue weighted by Crippen LogP contribution is 2.53. The SMILES string of the molecule is CC.O=C1Nc2c(CCC3CCNCC3)cc(NSc3ccc(F)cc3F)cc2C12CCC2. The van der Waals surface area contributed by atoms with Crippen LogP contribution < -0.4 is 15.4 Å². The van der Waals surface area contributed by atoms with Crippen LogP contribution in [0.3, 0.4) is 0 Å². The first-order valence-corrected chi connectivity index (χ1v) is 12.9. The zero-order valence-electron chi connectivity index (χ0n) is 19.4. The third-order valence-electron chi connectivity index (χ3n) is 7.07. The third kappa shape index (κ3) is 4.90. The van der Waals surface area contributed by atoms with Crippen LogP contribution in [0.15, 0.2) is 35.2 Å². The van der Waals surface area contributed by atoms with Gasteiger partial charge in [0.15, 0.2) is 0 Å². The van der Waals surface area contributed by atoms with E-state index < -0.39 is 17.0 Å². The van der Waals surface area contributed by atoms with Gasteiger partial charge >= 0.3 is 0 Å². The van der Waals surface area contributed by atoms with Crippen LogP contribution in [0, 0.1) is 17.6 Å². The first kappa shape index (κ1) is 24.0. The zero-order valence-corrected chi connectivity index (χ0v) is 20.2. The lowest BCUT2D eigenvalue weighted by atomic mass is 9.65. The molecule has 1 amide bonds. The molecule has 0 aromatic heterocycles. The first-order valence-electron chi connectivity index (χ1n) is 12.1. The number of benzene rings is 2. The van der Waals surface area contributed by atoms with E-state index in [1.807, 2.05) is 19.9 Å². The number of carbonyl (C=O) groups is 1. The molecule has 1 saturated heterocycles. The number of piperidine rings is 1. The third-order valence-corrected chi connectivity index (χ3v) is 7.96. The number of rotatable bonds is 6. The Bertz CT molecular complexity index is 1000. The predicted octanol–water partition coefficient (Wildman–Crippen LogP) is 6.42. The number of hydrogen-bond acceptors (Lipinski definition) is 4. The molecule has 3 aliphatic rings. The van der Waals surface area contributed by atoms with E-state index in [0.717, 1.165) is 85.7 Å². The molecule has 2 aromatic carbocycles. The number of anilines is 2. The minimum Gasteiger partial charge on any atom is -0.326 e. The molecule has 5 rings (SSSR count). The Morgan fingerprint density at radius 3 is 2.55 bits per heavy atom. The van der Waals surface area contributed by atoms with Gasteiger partial charge in [0.1, 0.15) is 11.6 Å². The summed E-state index contributed by atoms with van der Waals surface area (Å²) in [6, 6.07) is 7.70. The molecule has 2 heterocycles. The van der Waals surface area contributed by atoms with E-state index in [0.29, 0.717) is 10.8 Å². The van der Waals surface area contributed by atoms with E-state index in [-0.39, 0.29) is 5.91 Å². The summed E-state index contributed by atoms with van der Waals surface area (Å²) in [5.74, 6) is -0.356. The molecule has 178 valence electrons. The summed E-state index contributed by atoms with van der Waals surface area (Å²) in [4.78, 5) is 13.2. The van der Waals surface area contributed by atoms with Crippen molar-refractivity contribution in [2.75, 3.05) is 23.1 Å². The Balaban J connectivity index is 0.00000126. The minimum atomic E-state index is -0.587. The summed E-state index contributed by atoms with van der Waals surface area (Å²) in [6.07, 6.45) is 7.21. The molecule has 1 aliphatic carbocycles. The fourth-order valence-corrected chi connectivity index (χ4v) is 5.71. The molecule has 0 bridgehead atoms. The van der Waals surface area contributed by atoms with Crippen LogP contribution in [0.2, 0.25) is 0 Å². The molecule has 2 aromatic rings. The first-order chi connectivity index (χ1) is 16.0. The highest BCUT2D eigenvalue weighted by molar-refractivity contribution is 8.00. The van der Waals surface area contributed by atoms with E-state index in [1.54, 1.807) is 0 Å². The molecular weight excluding hydrogens is 440 g/mol. The summed E-state index contributed by atoms with van der Waals surface area (Å²) in [6.45, 7) is 6.15. The fraction of sp³-hybridized carbons (Fsp3) is 0.500. The number of aryl methyl sites for hydroxylation is 1. The topological polar surface area (TPSA) is 53.2 Å². The van der Waals surface area contributed by atoms with E-state index in [1.165, 1.54) is 25.0 Å². The number of carbonyl (C=O) groups excluding carboxylic acids is 1. The Morgan fingerprint density at radius 2 is 1.88 bits per heavy atom. The quantitative estimate of drug-likeness (QED) is 0.424. The van der Waals surface area contributed by atoms with Crippen molar-refractivity contribution in [3.05, 3.63) is 53.1 Å². The van der Waals surface area contributed by atoms with Gasteiger partial charge in [-0.25, -0.2) is 8.78 Å². The van der Waals surface area contributed by atoms with Gasteiger partial charge in [0.25, 0.3) is 0 Å². The highest BCUT2D eigenvalue weighted by Gasteiger charge is 2.51. The summed E-state index contributed by atoms with van der Waals surface area (Å²) in [5.41, 5.74) is 3.67. The summed E-state index contributed by atoms with van der Waals surface area (Å²) in [5, 5.41) is 6.59. The van der Waals surface area contributed by atoms with Gasteiger partial charge in [0, 0.05) is 17.4 Å². The van der Waals surface area contributed by atoms with Gasteiger partial charge in [0.2, 0.25) is 5.91 Å². The van der Waals surface area contributed by atoms with E-state index >= 15 is 0 Å². The monoisotopic (exact) mass is 473 g/mol. The second-order valence-electron chi connectivity index (χ2n) is 8.96. The van der Waals surface area contributed by atoms with Gasteiger partial charge in [-0.2, -0.15) is 0 Å². The Kier molecular flexibility index (Phi) is 7.59. The zero-order chi connectivity index (χ0) is 23.4. The Labute approximate surface area is 199 Å². The fourth-order valence-electron chi connectivity index (χ4n) is 5.07. The molecule has 0 unspecified atom stereocenters. The Morgan fingerprint density at radius 1 is 1.12 bits per heavy atom. The molecule has 33 heavy (non-hydrogen) atoms. The van der Waals surface area contributed by atoms with Crippen molar-refractivity contribution >= 4 is 29.2 Å². The smallest absolute Gasteiger partial charge is 0.235 e. The van der Waals surface area contributed by atoms with Crippen molar-refractivity contribution in [3.63, 3.8) is 0 Å². The maximum absolute atomic E-state index is 14.1. The normalized spacial score (nSPS) is 18.7. The van der Waals surface area contributed by atoms with Crippen molar-refractivity contribution in [2.24, 2.45) is 5.92 Å². The predicted molar refractivity (Wildman–Crippen MR) is 132 cm³/mol. The van der Waals surface area contributed by atoms with Gasteiger partial charge < -0.3 is 15.4 Å². The number of amides is 1. The molecule has 3 N–H and O–H groups in total. The van der Waals surface area contributed by atoms with Crippen LogP contribution in [0.4, 0.5) is 20.2 Å². The summed E-state index contributed by atoms with van der Waals surface area (Å²) in [7, 11) is 0. The van der Waals surface area contributed by atoms with Crippen LogP contribution in [0.5, 0.6) is 0 Å². The second kappa shape index (κ2) is 10.4. The van der Waals surface area contributed by atoms with Crippen molar-refractivity contribution in [1.82, 2.24) is 5.32 Å². The number of hydrogen-bond donors (Lipinski definition) is 3. The molecule has 0 atom stereocenters. The standard InChI is InChI=1S/C24H27F2N3OS.C2H6/c25-17-4-5-21(20(26)13-17)31-29-18-12-16(3-2-15-6-10-27-11-7-15)22-19(14-18)24(8-1-9-24)23(30)28-22;1-2/h4-5,12-15,27,29H,1-3,6-11H2,(H,28,30);1-2H3.